The lowest BCUT2D eigenvalue weighted by atomic mass is 10.0. The fraction of sp³-hybridized carbons (Fsp3) is 0.857. The van der Waals surface area contributed by atoms with Gasteiger partial charge in [0.2, 0.25) is 0 Å². The van der Waals surface area contributed by atoms with Crippen LogP contribution >= 0.6 is 0 Å². The van der Waals surface area contributed by atoms with E-state index in [9.17, 15) is 0 Å². The maximum atomic E-state index is 5.33. The molecular formula is C14H27N3. The van der Waals surface area contributed by atoms with Gasteiger partial charge in [-0.1, -0.05) is 5.92 Å². The third-order valence-electron chi connectivity index (χ3n) is 3.43. The van der Waals surface area contributed by atoms with Gasteiger partial charge in [-0.15, -0.1) is 6.42 Å². The zero-order valence-electron chi connectivity index (χ0n) is 11.6. The molecule has 3 nitrogen and oxygen atoms in total. The largest absolute Gasteiger partial charge is 0.311 e. The third kappa shape index (κ3) is 6.07. The number of terminal acetylenes is 1. The van der Waals surface area contributed by atoms with E-state index in [2.05, 4.69) is 42.1 Å². The van der Waals surface area contributed by atoms with E-state index in [0.29, 0.717) is 12.1 Å². The lowest BCUT2D eigenvalue weighted by molar-refractivity contribution is 0.207. The Labute approximate surface area is 107 Å². The first-order valence-electron chi connectivity index (χ1n) is 6.68. The van der Waals surface area contributed by atoms with Crippen molar-refractivity contribution in [1.29, 1.82) is 0 Å². The van der Waals surface area contributed by atoms with Crippen LogP contribution in [0.2, 0.25) is 0 Å². The summed E-state index contributed by atoms with van der Waals surface area (Å²) in [6.07, 6.45) is 9.01. The van der Waals surface area contributed by atoms with Crippen molar-refractivity contribution in [2.75, 3.05) is 40.3 Å². The molecule has 1 rings (SSSR count). The maximum absolute atomic E-state index is 5.33. The molecule has 0 radical (unpaired) electrons. The zero-order valence-corrected chi connectivity index (χ0v) is 11.6. The summed E-state index contributed by atoms with van der Waals surface area (Å²) >= 11 is 0. The summed E-state index contributed by atoms with van der Waals surface area (Å²) < 4.78 is 0. The predicted octanol–water partition coefficient (Wildman–Crippen LogP) is 1.01. The van der Waals surface area contributed by atoms with Crippen molar-refractivity contribution in [2.24, 2.45) is 0 Å². The van der Waals surface area contributed by atoms with E-state index in [1.165, 1.54) is 19.3 Å². The Bertz CT molecular complexity index is 236. The van der Waals surface area contributed by atoms with Gasteiger partial charge >= 0.3 is 0 Å². The molecule has 3 heteroatoms. The van der Waals surface area contributed by atoms with E-state index in [0.717, 1.165) is 26.2 Å². The van der Waals surface area contributed by atoms with Crippen molar-refractivity contribution < 1.29 is 0 Å². The number of hydrogen-bond donors (Lipinski definition) is 1. The van der Waals surface area contributed by atoms with Gasteiger partial charge in [-0.25, -0.2) is 0 Å². The van der Waals surface area contributed by atoms with Crippen LogP contribution in [0, 0.1) is 12.3 Å². The number of likely N-dealkylation sites (tertiary alicyclic amines) is 1. The molecular weight excluding hydrogens is 210 g/mol. The summed E-state index contributed by atoms with van der Waals surface area (Å²) in [5, 5.41) is 3.73. The SMILES string of the molecule is C#CCN1CCC(NC(C)CCN(C)C)CC1. The normalized spacial score (nSPS) is 20.4. The van der Waals surface area contributed by atoms with Gasteiger partial charge in [0.1, 0.15) is 0 Å². The third-order valence-corrected chi connectivity index (χ3v) is 3.43. The molecule has 0 aromatic rings. The van der Waals surface area contributed by atoms with E-state index in [1.54, 1.807) is 0 Å². The highest BCUT2D eigenvalue weighted by molar-refractivity contribution is 4.90. The van der Waals surface area contributed by atoms with Crippen molar-refractivity contribution in [3.05, 3.63) is 0 Å². The van der Waals surface area contributed by atoms with Crippen LogP contribution in [0.3, 0.4) is 0 Å². The van der Waals surface area contributed by atoms with Crippen molar-refractivity contribution in [2.45, 2.75) is 38.3 Å². The summed E-state index contributed by atoms with van der Waals surface area (Å²) in [6, 6.07) is 1.29. The van der Waals surface area contributed by atoms with Crippen LogP contribution < -0.4 is 5.32 Å². The predicted molar refractivity (Wildman–Crippen MR) is 74.1 cm³/mol. The Hall–Kier alpha value is -0.560. The fourth-order valence-electron chi connectivity index (χ4n) is 2.32. The molecule has 1 fully saturated rings. The van der Waals surface area contributed by atoms with Crippen LogP contribution in [-0.4, -0.2) is 62.2 Å². The second-order valence-electron chi connectivity index (χ2n) is 5.41. The van der Waals surface area contributed by atoms with Crippen LogP contribution in [0.15, 0.2) is 0 Å². The molecule has 17 heavy (non-hydrogen) atoms. The Morgan fingerprint density at radius 1 is 1.41 bits per heavy atom. The first kappa shape index (κ1) is 14.5. The molecule has 0 aromatic heterocycles. The second kappa shape index (κ2) is 7.71. The lowest BCUT2D eigenvalue weighted by Gasteiger charge is -2.33. The highest BCUT2D eigenvalue weighted by Crippen LogP contribution is 2.11. The van der Waals surface area contributed by atoms with Gasteiger partial charge in [0.15, 0.2) is 0 Å². The van der Waals surface area contributed by atoms with Gasteiger partial charge in [-0.05, 0) is 46.8 Å². The number of nitrogens with one attached hydrogen (secondary N) is 1. The minimum absolute atomic E-state index is 0.613. The van der Waals surface area contributed by atoms with Crippen LogP contribution in [0.4, 0.5) is 0 Å². The fourth-order valence-corrected chi connectivity index (χ4v) is 2.32. The number of hydrogen-bond acceptors (Lipinski definition) is 3. The second-order valence-corrected chi connectivity index (χ2v) is 5.41. The minimum Gasteiger partial charge on any atom is -0.311 e. The summed E-state index contributed by atoms with van der Waals surface area (Å²) in [6.45, 7) is 6.54. The van der Waals surface area contributed by atoms with Gasteiger partial charge in [-0.3, -0.25) is 4.90 Å². The molecule has 0 spiro atoms. The van der Waals surface area contributed by atoms with Gasteiger partial charge in [0.05, 0.1) is 6.54 Å². The van der Waals surface area contributed by atoms with Crippen LogP contribution in [-0.2, 0) is 0 Å². The van der Waals surface area contributed by atoms with Gasteiger partial charge in [-0.2, -0.15) is 0 Å². The average Bonchev–Trinajstić information content (AvgIpc) is 2.29. The van der Waals surface area contributed by atoms with E-state index in [-0.39, 0.29) is 0 Å². The lowest BCUT2D eigenvalue weighted by Crippen LogP contribution is -2.46. The quantitative estimate of drug-likeness (QED) is 0.696. The van der Waals surface area contributed by atoms with Crippen molar-refractivity contribution in [3.8, 4) is 12.3 Å². The van der Waals surface area contributed by atoms with Gasteiger partial charge in [0, 0.05) is 25.2 Å². The number of piperidine rings is 1. The molecule has 98 valence electrons. The standard InChI is InChI=1S/C14H27N3/c1-5-9-17-11-7-14(8-12-17)15-13(2)6-10-16(3)4/h1,13-15H,6-12H2,2-4H3. The molecule has 0 aromatic carbocycles. The van der Waals surface area contributed by atoms with E-state index >= 15 is 0 Å². The van der Waals surface area contributed by atoms with E-state index < -0.39 is 0 Å². The monoisotopic (exact) mass is 237 g/mol. The first-order chi connectivity index (χ1) is 8.11. The molecule has 0 bridgehead atoms. The zero-order chi connectivity index (χ0) is 12.7. The Morgan fingerprint density at radius 3 is 2.59 bits per heavy atom. The van der Waals surface area contributed by atoms with Gasteiger partial charge < -0.3 is 10.2 Å². The number of rotatable bonds is 6. The molecule has 1 heterocycles. The van der Waals surface area contributed by atoms with Crippen LogP contribution in [0.1, 0.15) is 26.2 Å². The molecule has 1 saturated heterocycles. The van der Waals surface area contributed by atoms with Crippen LogP contribution in [0.25, 0.3) is 0 Å². The van der Waals surface area contributed by atoms with E-state index in [1.807, 2.05) is 0 Å². The minimum atomic E-state index is 0.613. The molecule has 0 aliphatic carbocycles. The highest BCUT2D eigenvalue weighted by atomic mass is 15.1. The topological polar surface area (TPSA) is 18.5 Å². The Morgan fingerprint density at radius 2 is 2.06 bits per heavy atom. The summed E-state index contributed by atoms with van der Waals surface area (Å²) in [5.74, 6) is 2.73. The summed E-state index contributed by atoms with van der Waals surface area (Å²) in [5.41, 5.74) is 0. The van der Waals surface area contributed by atoms with E-state index in [4.69, 9.17) is 6.42 Å². The van der Waals surface area contributed by atoms with Crippen molar-refractivity contribution in [1.82, 2.24) is 15.1 Å². The molecule has 1 N–H and O–H groups in total. The molecule has 0 saturated carbocycles. The van der Waals surface area contributed by atoms with Crippen molar-refractivity contribution in [3.63, 3.8) is 0 Å². The summed E-state index contributed by atoms with van der Waals surface area (Å²) in [4.78, 5) is 4.61. The highest BCUT2D eigenvalue weighted by Gasteiger charge is 2.19. The molecule has 1 aliphatic heterocycles. The van der Waals surface area contributed by atoms with Crippen LogP contribution in [0.5, 0.6) is 0 Å². The summed E-state index contributed by atoms with van der Waals surface area (Å²) in [7, 11) is 4.26. The molecule has 1 atom stereocenters. The Balaban J connectivity index is 2.15. The maximum Gasteiger partial charge on any atom is 0.0598 e. The molecule has 1 unspecified atom stereocenters. The first-order valence-corrected chi connectivity index (χ1v) is 6.68. The molecule has 1 aliphatic rings. The Kier molecular flexibility index (Phi) is 6.57. The smallest absolute Gasteiger partial charge is 0.0598 e. The molecule has 0 amide bonds. The average molecular weight is 237 g/mol. The number of nitrogens with zero attached hydrogens (tertiary/aromatic N) is 2. The van der Waals surface area contributed by atoms with Gasteiger partial charge in [0.25, 0.3) is 0 Å². The van der Waals surface area contributed by atoms with Crippen molar-refractivity contribution >= 4 is 0 Å².